The molecule has 2 aromatic rings. The molecule has 1 aromatic carbocycles. The Morgan fingerprint density at radius 2 is 2.10 bits per heavy atom. The van der Waals surface area contributed by atoms with E-state index in [4.69, 9.17) is 0 Å². The molecule has 20 heavy (non-hydrogen) atoms. The molecule has 0 aliphatic heterocycles. The molecule has 3 rings (SSSR count). The van der Waals surface area contributed by atoms with Crippen molar-refractivity contribution in [2.24, 2.45) is 7.05 Å². The summed E-state index contributed by atoms with van der Waals surface area (Å²) in [6, 6.07) is 10.4. The lowest BCUT2D eigenvalue weighted by Crippen LogP contribution is -2.41. The Morgan fingerprint density at radius 1 is 1.30 bits per heavy atom. The van der Waals surface area contributed by atoms with Gasteiger partial charge in [0.2, 0.25) is 0 Å². The normalized spacial score (nSPS) is 26.6. The van der Waals surface area contributed by atoms with Gasteiger partial charge < -0.3 is 5.11 Å². The van der Waals surface area contributed by atoms with Crippen molar-refractivity contribution in [3.05, 3.63) is 53.9 Å². The van der Waals surface area contributed by atoms with Gasteiger partial charge in [-0.1, -0.05) is 43.2 Å². The van der Waals surface area contributed by atoms with Crippen LogP contribution in [0.1, 0.15) is 42.7 Å². The van der Waals surface area contributed by atoms with Gasteiger partial charge in [0, 0.05) is 25.6 Å². The molecule has 1 heterocycles. The molecule has 2 unspecified atom stereocenters. The first kappa shape index (κ1) is 13.4. The van der Waals surface area contributed by atoms with Crippen LogP contribution in [0.4, 0.5) is 0 Å². The average molecular weight is 270 g/mol. The van der Waals surface area contributed by atoms with Gasteiger partial charge in [0.05, 0.1) is 11.8 Å². The topological polar surface area (TPSA) is 38.0 Å². The predicted octanol–water partition coefficient (Wildman–Crippen LogP) is 3.05. The Kier molecular flexibility index (Phi) is 3.62. The van der Waals surface area contributed by atoms with Crippen molar-refractivity contribution in [3.63, 3.8) is 0 Å². The van der Waals surface area contributed by atoms with Crippen molar-refractivity contribution in [1.82, 2.24) is 9.78 Å². The van der Waals surface area contributed by atoms with Crippen molar-refractivity contribution < 1.29 is 5.11 Å². The van der Waals surface area contributed by atoms with E-state index in [-0.39, 0.29) is 5.92 Å². The molecule has 1 aliphatic rings. The molecule has 2 atom stereocenters. The molecule has 3 heteroatoms. The second-order valence-electron chi connectivity index (χ2n) is 6.01. The van der Waals surface area contributed by atoms with E-state index < -0.39 is 5.60 Å². The maximum absolute atomic E-state index is 11.2. The Balaban J connectivity index is 1.87. The van der Waals surface area contributed by atoms with Crippen LogP contribution in [0.25, 0.3) is 0 Å². The van der Waals surface area contributed by atoms with E-state index in [1.807, 2.05) is 25.5 Å². The number of benzene rings is 1. The number of hydrogen-bond donors (Lipinski definition) is 1. The van der Waals surface area contributed by atoms with Gasteiger partial charge in [-0.2, -0.15) is 5.10 Å². The summed E-state index contributed by atoms with van der Waals surface area (Å²) in [6.45, 7) is 0. The summed E-state index contributed by atoms with van der Waals surface area (Å²) in [5.41, 5.74) is 1.75. The predicted molar refractivity (Wildman–Crippen MR) is 79.5 cm³/mol. The van der Waals surface area contributed by atoms with Crippen molar-refractivity contribution >= 4 is 0 Å². The van der Waals surface area contributed by atoms with E-state index in [9.17, 15) is 5.11 Å². The van der Waals surface area contributed by atoms with Crippen LogP contribution in [0, 0.1) is 0 Å². The lowest BCUT2D eigenvalue weighted by atomic mass is 9.69. The van der Waals surface area contributed by atoms with Gasteiger partial charge in [-0.3, -0.25) is 4.68 Å². The molecule has 1 saturated carbocycles. The molecular formula is C17H22N2O. The zero-order valence-electron chi connectivity index (χ0n) is 12.0. The third-order valence-electron chi connectivity index (χ3n) is 4.47. The fourth-order valence-electron chi connectivity index (χ4n) is 3.51. The van der Waals surface area contributed by atoms with Crippen LogP contribution < -0.4 is 0 Å². The van der Waals surface area contributed by atoms with Crippen molar-refractivity contribution in [2.75, 3.05) is 0 Å². The molecule has 1 N–H and O–H groups in total. The Morgan fingerprint density at radius 3 is 2.80 bits per heavy atom. The van der Waals surface area contributed by atoms with Gasteiger partial charge in [0.15, 0.2) is 0 Å². The molecule has 0 radical (unpaired) electrons. The van der Waals surface area contributed by atoms with Gasteiger partial charge >= 0.3 is 0 Å². The van der Waals surface area contributed by atoms with Gasteiger partial charge in [0.25, 0.3) is 0 Å². The highest BCUT2D eigenvalue weighted by Crippen LogP contribution is 2.42. The second kappa shape index (κ2) is 5.41. The Labute approximate surface area is 120 Å². The molecular weight excluding hydrogens is 248 g/mol. The molecule has 0 bridgehead atoms. The van der Waals surface area contributed by atoms with Crippen LogP contribution in [0.3, 0.4) is 0 Å². The minimum Gasteiger partial charge on any atom is -0.389 e. The number of rotatable bonds is 3. The molecule has 1 aliphatic carbocycles. The fraction of sp³-hybridized carbons (Fsp3) is 0.471. The molecule has 0 saturated heterocycles. The first-order valence-electron chi connectivity index (χ1n) is 7.42. The smallest absolute Gasteiger partial charge is 0.0757 e. The van der Waals surface area contributed by atoms with Gasteiger partial charge in [0.1, 0.15) is 0 Å². The SMILES string of the molecule is Cn1cc(CC2(O)CCCCC2c2ccccc2)cn1. The van der Waals surface area contributed by atoms with E-state index in [1.54, 1.807) is 4.68 Å². The highest BCUT2D eigenvalue weighted by Gasteiger charge is 2.39. The quantitative estimate of drug-likeness (QED) is 0.931. The summed E-state index contributed by atoms with van der Waals surface area (Å²) in [7, 11) is 1.92. The first-order valence-corrected chi connectivity index (χ1v) is 7.42. The number of nitrogens with zero attached hydrogens (tertiary/aromatic N) is 2. The van der Waals surface area contributed by atoms with Crippen LogP contribution in [-0.4, -0.2) is 20.5 Å². The highest BCUT2D eigenvalue weighted by atomic mass is 16.3. The molecule has 1 fully saturated rings. The van der Waals surface area contributed by atoms with Crippen LogP contribution in [-0.2, 0) is 13.5 Å². The van der Waals surface area contributed by atoms with Crippen LogP contribution >= 0.6 is 0 Å². The molecule has 0 spiro atoms. The summed E-state index contributed by atoms with van der Waals surface area (Å²) in [5.74, 6) is 0.234. The van der Waals surface area contributed by atoms with E-state index in [0.717, 1.165) is 24.8 Å². The number of hydrogen-bond acceptors (Lipinski definition) is 2. The summed E-state index contributed by atoms with van der Waals surface area (Å²) in [5, 5.41) is 15.4. The van der Waals surface area contributed by atoms with E-state index in [2.05, 4.69) is 29.4 Å². The molecule has 1 aromatic heterocycles. The summed E-state index contributed by atoms with van der Waals surface area (Å²) in [6.07, 6.45) is 8.83. The minimum absolute atomic E-state index is 0.234. The van der Waals surface area contributed by atoms with Gasteiger partial charge in [-0.15, -0.1) is 0 Å². The van der Waals surface area contributed by atoms with Crippen LogP contribution in [0.2, 0.25) is 0 Å². The van der Waals surface area contributed by atoms with Crippen molar-refractivity contribution in [3.8, 4) is 0 Å². The van der Waals surface area contributed by atoms with Crippen molar-refractivity contribution in [1.29, 1.82) is 0 Å². The summed E-state index contributed by atoms with van der Waals surface area (Å²) < 4.78 is 1.80. The zero-order valence-corrected chi connectivity index (χ0v) is 12.0. The average Bonchev–Trinajstić information content (AvgIpc) is 2.85. The van der Waals surface area contributed by atoms with E-state index >= 15 is 0 Å². The maximum atomic E-state index is 11.2. The monoisotopic (exact) mass is 270 g/mol. The summed E-state index contributed by atoms with van der Waals surface area (Å²) in [4.78, 5) is 0. The molecule has 3 nitrogen and oxygen atoms in total. The number of aryl methyl sites for hydroxylation is 1. The fourth-order valence-corrected chi connectivity index (χ4v) is 3.51. The first-order chi connectivity index (χ1) is 9.67. The Bertz CT molecular complexity index is 563. The third kappa shape index (κ3) is 2.63. The number of aliphatic hydroxyl groups is 1. The van der Waals surface area contributed by atoms with Crippen molar-refractivity contribution in [2.45, 2.75) is 43.6 Å². The Hall–Kier alpha value is -1.61. The maximum Gasteiger partial charge on any atom is 0.0757 e. The zero-order chi connectivity index (χ0) is 14.0. The number of aromatic nitrogens is 2. The summed E-state index contributed by atoms with van der Waals surface area (Å²) >= 11 is 0. The largest absolute Gasteiger partial charge is 0.389 e. The van der Waals surface area contributed by atoms with E-state index in [0.29, 0.717) is 6.42 Å². The molecule has 0 amide bonds. The second-order valence-corrected chi connectivity index (χ2v) is 6.01. The minimum atomic E-state index is -0.636. The van der Waals surface area contributed by atoms with Crippen LogP contribution in [0.5, 0.6) is 0 Å². The van der Waals surface area contributed by atoms with Gasteiger partial charge in [-0.05, 0) is 24.0 Å². The highest BCUT2D eigenvalue weighted by molar-refractivity contribution is 5.25. The molecule has 106 valence electrons. The third-order valence-corrected chi connectivity index (χ3v) is 4.47. The lowest BCUT2D eigenvalue weighted by molar-refractivity contribution is -0.0167. The standard InChI is InChI=1S/C17H22N2O/c1-19-13-14(12-18-19)11-17(20)10-6-5-9-16(17)15-7-3-2-4-8-15/h2-4,7-8,12-13,16,20H,5-6,9-11H2,1H3. The van der Waals surface area contributed by atoms with Crippen LogP contribution in [0.15, 0.2) is 42.7 Å². The lowest BCUT2D eigenvalue weighted by Gasteiger charge is -2.40. The van der Waals surface area contributed by atoms with E-state index in [1.165, 1.54) is 12.0 Å². The van der Waals surface area contributed by atoms with Gasteiger partial charge in [-0.25, -0.2) is 0 Å².